The summed E-state index contributed by atoms with van der Waals surface area (Å²) >= 11 is 2.85. The van der Waals surface area contributed by atoms with Crippen molar-refractivity contribution < 1.29 is 9.31 Å². The van der Waals surface area contributed by atoms with Crippen LogP contribution in [0.5, 0.6) is 0 Å². The topological polar surface area (TPSA) is 109 Å². The van der Waals surface area contributed by atoms with Crippen LogP contribution < -0.4 is 0 Å². The number of imidazole rings is 1. The van der Waals surface area contributed by atoms with Crippen LogP contribution >= 0.6 is 15.9 Å². The Balaban J connectivity index is 2.80. The molecule has 0 aliphatic rings. The Labute approximate surface area is 119 Å². The van der Waals surface area contributed by atoms with Gasteiger partial charge in [0.2, 0.25) is 0 Å². The third-order valence-corrected chi connectivity index (χ3v) is 3.06. The molecule has 2 rings (SSSR count). The van der Waals surface area contributed by atoms with Crippen molar-refractivity contribution in [2.45, 2.75) is 0 Å². The van der Waals surface area contributed by atoms with Crippen molar-refractivity contribution >= 4 is 21.6 Å². The SMILES string of the molecule is N#Cc1ncn(-c2cc(F)c(Br)cc2[N+](=O)[O-])c1C#N. The maximum absolute atomic E-state index is 13.6. The summed E-state index contributed by atoms with van der Waals surface area (Å²) < 4.78 is 14.5. The first-order chi connectivity index (χ1) is 9.49. The molecule has 0 saturated heterocycles. The van der Waals surface area contributed by atoms with Crippen LogP contribution in [-0.2, 0) is 0 Å². The van der Waals surface area contributed by atoms with E-state index in [1.807, 2.05) is 0 Å². The monoisotopic (exact) mass is 335 g/mol. The van der Waals surface area contributed by atoms with Crippen molar-refractivity contribution in [1.82, 2.24) is 9.55 Å². The van der Waals surface area contributed by atoms with Crippen LogP contribution in [0, 0.1) is 38.6 Å². The van der Waals surface area contributed by atoms with Crippen LogP contribution in [0.2, 0.25) is 0 Å². The normalized spacial score (nSPS) is 9.80. The highest BCUT2D eigenvalue weighted by atomic mass is 79.9. The van der Waals surface area contributed by atoms with Crippen LogP contribution in [0.15, 0.2) is 22.9 Å². The molecule has 9 heteroatoms. The van der Waals surface area contributed by atoms with E-state index in [9.17, 15) is 14.5 Å². The largest absolute Gasteiger partial charge is 0.294 e. The molecule has 0 aliphatic carbocycles. The average Bonchev–Trinajstić information content (AvgIpc) is 2.83. The molecule has 0 unspecified atom stereocenters. The molecule has 0 saturated carbocycles. The molecular weight excluding hydrogens is 333 g/mol. The lowest BCUT2D eigenvalue weighted by molar-refractivity contribution is -0.384. The lowest BCUT2D eigenvalue weighted by Crippen LogP contribution is -2.03. The Hall–Kier alpha value is -2.78. The zero-order chi connectivity index (χ0) is 14.9. The number of halogens is 2. The number of hydrogen-bond donors (Lipinski definition) is 0. The minimum Gasteiger partial charge on any atom is -0.283 e. The molecule has 1 aromatic heterocycles. The number of nitro groups is 1. The fraction of sp³-hybridized carbons (Fsp3) is 0. The summed E-state index contributed by atoms with van der Waals surface area (Å²) in [7, 11) is 0. The second kappa shape index (κ2) is 5.07. The van der Waals surface area contributed by atoms with Gasteiger partial charge in [-0.1, -0.05) is 0 Å². The van der Waals surface area contributed by atoms with E-state index in [0.29, 0.717) is 0 Å². The second-order valence-electron chi connectivity index (χ2n) is 3.55. The summed E-state index contributed by atoms with van der Waals surface area (Å²) in [6.07, 6.45) is 1.06. The standard InChI is InChI=1S/C11H3BrFN5O2/c12-6-1-10(18(19)20)9(2-7(6)13)17-5-16-8(3-14)11(17)4-15/h1-2,5H. The number of nitrogens with zero attached hydrogens (tertiary/aromatic N) is 5. The van der Waals surface area contributed by atoms with Gasteiger partial charge in [0.25, 0.3) is 5.69 Å². The molecule has 20 heavy (non-hydrogen) atoms. The molecular formula is C11H3BrFN5O2. The van der Waals surface area contributed by atoms with Crippen molar-refractivity contribution in [3.63, 3.8) is 0 Å². The fourth-order valence-electron chi connectivity index (χ4n) is 1.58. The summed E-state index contributed by atoms with van der Waals surface area (Å²) in [4.78, 5) is 14.0. The van der Waals surface area contributed by atoms with E-state index in [0.717, 1.165) is 23.0 Å². The van der Waals surface area contributed by atoms with Crippen LogP contribution in [0.4, 0.5) is 10.1 Å². The molecule has 2 aromatic rings. The van der Waals surface area contributed by atoms with Gasteiger partial charge >= 0.3 is 0 Å². The third-order valence-electron chi connectivity index (χ3n) is 2.45. The molecule has 0 fully saturated rings. The first kappa shape index (κ1) is 13.6. The number of nitro benzene ring substituents is 1. The van der Waals surface area contributed by atoms with Crippen LogP contribution in [0.25, 0.3) is 5.69 Å². The van der Waals surface area contributed by atoms with E-state index in [1.165, 1.54) is 0 Å². The van der Waals surface area contributed by atoms with Gasteiger partial charge < -0.3 is 0 Å². The highest BCUT2D eigenvalue weighted by molar-refractivity contribution is 9.10. The predicted molar refractivity (Wildman–Crippen MR) is 67.3 cm³/mol. The van der Waals surface area contributed by atoms with Crippen molar-refractivity contribution in [2.75, 3.05) is 0 Å². The summed E-state index contributed by atoms with van der Waals surface area (Å²) in [5.74, 6) is -0.735. The number of nitriles is 2. The molecule has 98 valence electrons. The highest BCUT2D eigenvalue weighted by Gasteiger charge is 2.22. The third kappa shape index (κ3) is 2.11. The van der Waals surface area contributed by atoms with E-state index in [4.69, 9.17) is 10.5 Å². The summed E-state index contributed by atoms with van der Waals surface area (Å²) in [5.41, 5.74) is -0.986. The first-order valence-electron chi connectivity index (χ1n) is 5.01. The van der Waals surface area contributed by atoms with Gasteiger partial charge in [-0.3, -0.25) is 14.7 Å². The molecule has 7 nitrogen and oxygen atoms in total. The molecule has 0 bridgehead atoms. The van der Waals surface area contributed by atoms with E-state index < -0.39 is 16.4 Å². The molecule has 0 radical (unpaired) electrons. The predicted octanol–water partition coefficient (Wildman–Crippen LogP) is 2.43. The van der Waals surface area contributed by atoms with Gasteiger partial charge in [0, 0.05) is 12.1 Å². The number of benzene rings is 1. The Kier molecular flexibility index (Phi) is 3.46. The van der Waals surface area contributed by atoms with Gasteiger partial charge in [-0.05, 0) is 15.9 Å². The maximum atomic E-state index is 13.6. The molecule has 1 aromatic carbocycles. The zero-order valence-corrected chi connectivity index (χ0v) is 11.1. The quantitative estimate of drug-likeness (QED) is 0.618. The fourth-order valence-corrected chi connectivity index (χ4v) is 1.92. The Morgan fingerprint density at radius 2 is 2.10 bits per heavy atom. The van der Waals surface area contributed by atoms with Crippen LogP contribution in [-0.4, -0.2) is 14.5 Å². The summed E-state index contributed by atoms with van der Waals surface area (Å²) in [5, 5.41) is 28.8. The minimum absolute atomic E-state index is 0.0768. The van der Waals surface area contributed by atoms with Gasteiger partial charge in [0.05, 0.1) is 9.40 Å². The Morgan fingerprint density at radius 1 is 1.40 bits per heavy atom. The van der Waals surface area contributed by atoms with Crippen molar-refractivity contribution in [1.29, 1.82) is 10.5 Å². The average molecular weight is 336 g/mol. The van der Waals surface area contributed by atoms with Gasteiger partial charge in [-0.2, -0.15) is 10.5 Å². The van der Waals surface area contributed by atoms with E-state index >= 15 is 0 Å². The molecule has 0 amide bonds. The summed E-state index contributed by atoms with van der Waals surface area (Å²) in [6.45, 7) is 0. The van der Waals surface area contributed by atoms with E-state index in [2.05, 4.69) is 20.9 Å². The smallest absolute Gasteiger partial charge is 0.283 e. The molecule has 0 N–H and O–H groups in total. The van der Waals surface area contributed by atoms with Crippen LogP contribution in [0.1, 0.15) is 11.4 Å². The Bertz CT molecular complexity index is 802. The number of rotatable bonds is 2. The minimum atomic E-state index is -0.735. The van der Waals surface area contributed by atoms with Crippen molar-refractivity contribution in [3.05, 3.63) is 50.3 Å². The molecule has 0 aliphatic heterocycles. The van der Waals surface area contributed by atoms with Gasteiger partial charge in [0.15, 0.2) is 11.4 Å². The van der Waals surface area contributed by atoms with Crippen molar-refractivity contribution in [3.8, 4) is 17.8 Å². The summed E-state index contributed by atoms with van der Waals surface area (Å²) in [6, 6.07) is 5.28. The highest BCUT2D eigenvalue weighted by Crippen LogP contribution is 2.30. The van der Waals surface area contributed by atoms with E-state index in [-0.39, 0.29) is 21.5 Å². The lowest BCUT2D eigenvalue weighted by Gasteiger charge is -2.06. The number of hydrogen-bond acceptors (Lipinski definition) is 5. The zero-order valence-electron chi connectivity index (χ0n) is 9.54. The van der Waals surface area contributed by atoms with Gasteiger partial charge in [-0.15, -0.1) is 0 Å². The Morgan fingerprint density at radius 3 is 2.65 bits per heavy atom. The molecule has 0 atom stereocenters. The van der Waals surface area contributed by atoms with Gasteiger partial charge in [0.1, 0.15) is 30.0 Å². The second-order valence-corrected chi connectivity index (χ2v) is 4.40. The first-order valence-corrected chi connectivity index (χ1v) is 5.80. The molecule has 1 heterocycles. The maximum Gasteiger partial charge on any atom is 0.294 e. The van der Waals surface area contributed by atoms with Crippen LogP contribution in [0.3, 0.4) is 0 Å². The number of aromatic nitrogens is 2. The molecule has 0 spiro atoms. The lowest BCUT2D eigenvalue weighted by atomic mass is 10.2. The van der Waals surface area contributed by atoms with Crippen molar-refractivity contribution in [2.24, 2.45) is 0 Å². The van der Waals surface area contributed by atoms with E-state index in [1.54, 1.807) is 12.1 Å². The van der Waals surface area contributed by atoms with Gasteiger partial charge in [-0.25, -0.2) is 9.37 Å².